The molecule has 0 aliphatic heterocycles. The number of hydrogen-bond donors (Lipinski definition) is 0. The fraction of sp³-hybridized carbons (Fsp3) is 0.818. The molecule has 0 aliphatic carbocycles. The highest BCUT2D eigenvalue weighted by atomic mass is 16.7. The van der Waals surface area contributed by atoms with Crippen molar-refractivity contribution in [2.75, 3.05) is 13.2 Å². The Morgan fingerprint density at radius 2 is 1.69 bits per heavy atom. The van der Waals surface area contributed by atoms with Crippen LogP contribution in [0.1, 0.15) is 34.1 Å². The van der Waals surface area contributed by atoms with E-state index < -0.39 is 0 Å². The second-order valence-corrected chi connectivity index (χ2v) is 3.72. The molecular formula is C11H22O2. The molecular weight excluding hydrogens is 164 g/mol. The molecule has 0 N–H and O–H groups in total. The monoisotopic (exact) mass is 186 g/mol. The van der Waals surface area contributed by atoms with Crippen LogP contribution in [-0.2, 0) is 9.47 Å². The molecule has 0 atom stereocenters. The molecule has 2 nitrogen and oxygen atoms in total. The van der Waals surface area contributed by atoms with Gasteiger partial charge < -0.3 is 9.47 Å². The smallest absolute Gasteiger partial charge is 0.162 e. The minimum atomic E-state index is -0.125. The molecule has 0 heterocycles. The number of ether oxygens (including phenoxy) is 2. The second-order valence-electron chi connectivity index (χ2n) is 3.72. The molecule has 0 amide bonds. The van der Waals surface area contributed by atoms with Crippen molar-refractivity contribution in [3.8, 4) is 0 Å². The van der Waals surface area contributed by atoms with E-state index in [9.17, 15) is 0 Å². The van der Waals surface area contributed by atoms with Crippen molar-refractivity contribution in [3.63, 3.8) is 0 Å². The van der Waals surface area contributed by atoms with Gasteiger partial charge in [0.1, 0.15) is 0 Å². The Morgan fingerprint density at radius 1 is 1.23 bits per heavy atom. The van der Waals surface area contributed by atoms with Gasteiger partial charge in [0.25, 0.3) is 0 Å². The minimum absolute atomic E-state index is 0.00771. The first-order chi connectivity index (χ1) is 6.08. The lowest BCUT2D eigenvalue weighted by molar-refractivity contribution is -0.193. The molecule has 0 aliphatic rings. The number of rotatable bonds is 7. The average Bonchev–Trinajstić information content (AvgIpc) is 2.04. The summed E-state index contributed by atoms with van der Waals surface area (Å²) in [7, 11) is 0. The highest BCUT2D eigenvalue weighted by Gasteiger charge is 2.29. The Kier molecular flexibility index (Phi) is 6.00. The summed E-state index contributed by atoms with van der Waals surface area (Å²) in [5, 5.41) is 0. The zero-order chi connectivity index (χ0) is 10.3. The summed E-state index contributed by atoms with van der Waals surface area (Å²) >= 11 is 0. The van der Waals surface area contributed by atoms with Gasteiger partial charge in [0.2, 0.25) is 0 Å². The molecule has 13 heavy (non-hydrogen) atoms. The van der Waals surface area contributed by atoms with Gasteiger partial charge in [-0.05, 0) is 20.3 Å². The molecule has 78 valence electrons. The Balaban J connectivity index is 4.21. The molecule has 0 unspecified atom stereocenters. The van der Waals surface area contributed by atoms with Crippen LogP contribution < -0.4 is 0 Å². The quantitative estimate of drug-likeness (QED) is 0.449. The zero-order valence-corrected chi connectivity index (χ0v) is 9.30. The van der Waals surface area contributed by atoms with Gasteiger partial charge in [0.05, 0.1) is 0 Å². The minimum Gasteiger partial charge on any atom is -0.352 e. The van der Waals surface area contributed by atoms with Crippen LogP contribution in [0.3, 0.4) is 0 Å². The van der Waals surface area contributed by atoms with Gasteiger partial charge in [-0.2, -0.15) is 0 Å². The molecule has 0 spiro atoms. The van der Waals surface area contributed by atoms with Gasteiger partial charge in [0.15, 0.2) is 6.29 Å². The Hall–Kier alpha value is -0.340. The zero-order valence-electron chi connectivity index (χ0n) is 9.30. The van der Waals surface area contributed by atoms with Crippen molar-refractivity contribution < 1.29 is 9.47 Å². The van der Waals surface area contributed by atoms with Crippen molar-refractivity contribution in [3.05, 3.63) is 12.7 Å². The standard InChI is InChI=1S/C11H22O2/c1-6-9-11(4,5)10(12-7-2)13-8-3/h6,10H,1,7-9H2,2-5H3. The molecule has 0 aromatic rings. The Labute approximate surface area is 81.9 Å². The molecule has 0 bridgehead atoms. The third-order valence-electron chi connectivity index (χ3n) is 1.94. The third-order valence-corrected chi connectivity index (χ3v) is 1.94. The Morgan fingerprint density at radius 3 is 2.00 bits per heavy atom. The molecule has 0 rings (SSSR count). The van der Waals surface area contributed by atoms with E-state index in [1.807, 2.05) is 19.9 Å². The van der Waals surface area contributed by atoms with Gasteiger partial charge in [-0.3, -0.25) is 0 Å². The fourth-order valence-corrected chi connectivity index (χ4v) is 1.27. The maximum absolute atomic E-state index is 5.53. The van der Waals surface area contributed by atoms with E-state index >= 15 is 0 Å². The summed E-state index contributed by atoms with van der Waals surface area (Å²) in [4.78, 5) is 0. The van der Waals surface area contributed by atoms with Crippen molar-refractivity contribution in [1.82, 2.24) is 0 Å². The molecule has 0 fully saturated rings. The van der Waals surface area contributed by atoms with Crippen LogP contribution in [0, 0.1) is 5.41 Å². The largest absolute Gasteiger partial charge is 0.352 e. The van der Waals surface area contributed by atoms with E-state index in [4.69, 9.17) is 9.47 Å². The van der Waals surface area contributed by atoms with Crippen molar-refractivity contribution in [1.29, 1.82) is 0 Å². The molecule has 2 heteroatoms. The van der Waals surface area contributed by atoms with Gasteiger partial charge in [-0.25, -0.2) is 0 Å². The number of allylic oxidation sites excluding steroid dienone is 1. The molecule has 0 aromatic carbocycles. The molecule has 0 saturated heterocycles. The summed E-state index contributed by atoms with van der Waals surface area (Å²) in [6.07, 6.45) is 2.68. The van der Waals surface area contributed by atoms with Crippen molar-refractivity contribution >= 4 is 0 Å². The SMILES string of the molecule is C=CCC(C)(C)C(OCC)OCC. The maximum atomic E-state index is 5.53. The van der Waals surface area contributed by atoms with E-state index in [-0.39, 0.29) is 11.7 Å². The van der Waals surface area contributed by atoms with Gasteiger partial charge >= 0.3 is 0 Å². The molecule has 0 saturated carbocycles. The van der Waals surface area contributed by atoms with Crippen LogP contribution in [0.2, 0.25) is 0 Å². The van der Waals surface area contributed by atoms with E-state index in [0.29, 0.717) is 13.2 Å². The van der Waals surface area contributed by atoms with Crippen LogP contribution in [0.4, 0.5) is 0 Å². The maximum Gasteiger partial charge on any atom is 0.162 e. The predicted molar refractivity (Wildman–Crippen MR) is 55.6 cm³/mol. The first-order valence-corrected chi connectivity index (χ1v) is 4.92. The van der Waals surface area contributed by atoms with Crippen LogP contribution in [0.25, 0.3) is 0 Å². The topological polar surface area (TPSA) is 18.5 Å². The summed E-state index contributed by atoms with van der Waals surface area (Å²) < 4.78 is 11.1. The summed E-state index contributed by atoms with van der Waals surface area (Å²) in [6, 6.07) is 0. The lowest BCUT2D eigenvalue weighted by atomic mass is 9.88. The van der Waals surface area contributed by atoms with Crippen molar-refractivity contribution in [2.24, 2.45) is 5.41 Å². The van der Waals surface area contributed by atoms with E-state index in [1.165, 1.54) is 0 Å². The predicted octanol–water partition coefficient (Wildman–Crippen LogP) is 2.99. The summed E-state index contributed by atoms with van der Waals surface area (Å²) in [6.45, 7) is 13.3. The van der Waals surface area contributed by atoms with Gasteiger partial charge in [0, 0.05) is 18.6 Å². The lowest BCUT2D eigenvalue weighted by Gasteiger charge is -2.32. The first kappa shape index (κ1) is 12.7. The Bertz CT molecular complexity index is 135. The highest BCUT2D eigenvalue weighted by Crippen LogP contribution is 2.28. The lowest BCUT2D eigenvalue weighted by Crippen LogP contribution is -2.34. The van der Waals surface area contributed by atoms with Crippen LogP contribution >= 0.6 is 0 Å². The van der Waals surface area contributed by atoms with E-state index in [1.54, 1.807) is 0 Å². The average molecular weight is 186 g/mol. The van der Waals surface area contributed by atoms with Crippen molar-refractivity contribution in [2.45, 2.75) is 40.4 Å². The normalized spacial score (nSPS) is 12.1. The highest BCUT2D eigenvalue weighted by molar-refractivity contribution is 4.82. The van der Waals surface area contributed by atoms with Crippen LogP contribution in [0.15, 0.2) is 12.7 Å². The van der Waals surface area contributed by atoms with Crippen LogP contribution in [-0.4, -0.2) is 19.5 Å². The van der Waals surface area contributed by atoms with Crippen LogP contribution in [0.5, 0.6) is 0 Å². The molecule has 0 radical (unpaired) electrons. The van der Waals surface area contributed by atoms with E-state index in [2.05, 4.69) is 20.4 Å². The molecule has 0 aromatic heterocycles. The number of hydrogen-bond acceptors (Lipinski definition) is 2. The first-order valence-electron chi connectivity index (χ1n) is 4.92. The van der Waals surface area contributed by atoms with Gasteiger partial charge in [-0.15, -0.1) is 6.58 Å². The third kappa shape index (κ3) is 4.44. The van der Waals surface area contributed by atoms with Gasteiger partial charge in [-0.1, -0.05) is 19.9 Å². The fourth-order valence-electron chi connectivity index (χ4n) is 1.27. The second kappa shape index (κ2) is 6.17. The summed E-state index contributed by atoms with van der Waals surface area (Å²) in [5.74, 6) is 0. The summed E-state index contributed by atoms with van der Waals surface area (Å²) in [5.41, 5.74) is 0.00771. The van der Waals surface area contributed by atoms with E-state index in [0.717, 1.165) is 6.42 Å².